The number of amides is 1. The van der Waals surface area contributed by atoms with Crippen LogP contribution in [-0.2, 0) is 4.74 Å². The predicted molar refractivity (Wildman–Crippen MR) is 104 cm³/mol. The third-order valence-corrected chi connectivity index (χ3v) is 6.76. The van der Waals surface area contributed by atoms with E-state index in [1.54, 1.807) is 11.8 Å². The lowest BCUT2D eigenvalue weighted by Crippen LogP contribution is -2.64. The lowest BCUT2D eigenvalue weighted by molar-refractivity contribution is -0.244. The quantitative estimate of drug-likeness (QED) is 0.683. The van der Waals surface area contributed by atoms with Crippen molar-refractivity contribution >= 4 is 32.6 Å². The standard InChI is InChI=1S/C19H25N3O4S/c1-11-9-12(10-13-14(11)21-17(20)27-13)15(23)22-6-3-19(4-7-22)16(24)18(2,25)5-8-26-19/h9-10,16,24-25H,3-8H2,1-2H3,(H2,20,21)/t16-,18+/m0/s1. The Bertz CT molecular complexity index is 886. The van der Waals surface area contributed by atoms with Gasteiger partial charge in [-0.2, -0.15) is 0 Å². The van der Waals surface area contributed by atoms with Crippen molar-refractivity contribution in [3.8, 4) is 0 Å². The molecular weight excluding hydrogens is 366 g/mol. The molecule has 4 rings (SSSR count). The number of fused-ring (bicyclic) bond motifs is 1. The van der Waals surface area contributed by atoms with Crippen molar-refractivity contribution in [1.82, 2.24) is 9.88 Å². The molecule has 2 fully saturated rings. The molecule has 1 aromatic carbocycles. The van der Waals surface area contributed by atoms with Gasteiger partial charge < -0.3 is 25.6 Å². The molecule has 1 amide bonds. The Morgan fingerprint density at radius 1 is 1.37 bits per heavy atom. The number of carbonyl (C=O) groups excluding carboxylic acids is 1. The van der Waals surface area contributed by atoms with Crippen molar-refractivity contribution in [2.24, 2.45) is 0 Å². The normalized spacial score (nSPS) is 28.0. The molecule has 27 heavy (non-hydrogen) atoms. The Labute approximate surface area is 161 Å². The summed E-state index contributed by atoms with van der Waals surface area (Å²) >= 11 is 1.38. The maximum atomic E-state index is 13.0. The zero-order valence-electron chi connectivity index (χ0n) is 15.6. The van der Waals surface area contributed by atoms with E-state index in [0.29, 0.717) is 49.7 Å². The number of likely N-dealkylation sites (tertiary alicyclic amines) is 1. The van der Waals surface area contributed by atoms with Gasteiger partial charge in [0.1, 0.15) is 11.7 Å². The molecule has 0 aliphatic carbocycles. The van der Waals surface area contributed by atoms with Crippen LogP contribution in [0.4, 0.5) is 5.13 Å². The molecule has 0 bridgehead atoms. The highest BCUT2D eigenvalue weighted by Gasteiger charge is 2.52. The van der Waals surface area contributed by atoms with Crippen LogP contribution in [0.2, 0.25) is 0 Å². The minimum atomic E-state index is -1.15. The number of ether oxygens (including phenoxy) is 1. The minimum Gasteiger partial charge on any atom is -0.387 e. The average Bonchev–Trinajstić information content (AvgIpc) is 3.01. The fourth-order valence-electron chi connectivity index (χ4n) is 4.27. The van der Waals surface area contributed by atoms with Crippen molar-refractivity contribution in [3.63, 3.8) is 0 Å². The van der Waals surface area contributed by atoms with Crippen LogP contribution in [0.15, 0.2) is 12.1 Å². The molecule has 2 atom stereocenters. The number of aliphatic hydroxyl groups is 2. The zero-order chi connectivity index (χ0) is 19.4. The lowest BCUT2D eigenvalue weighted by Gasteiger charge is -2.51. The summed E-state index contributed by atoms with van der Waals surface area (Å²) in [5.74, 6) is -0.0427. The molecule has 1 spiro atoms. The highest BCUT2D eigenvalue weighted by molar-refractivity contribution is 7.22. The molecule has 0 saturated carbocycles. The summed E-state index contributed by atoms with van der Waals surface area (Å²) in [6.07, 6.45) is 0.473. The molecule has 0 radical (unpaired) electrons. The first kappa shape index (κ1) is 18.6. The summed E-state index contributed by atoms with van der Waals surface area (Å²) in [5.41, 5.74) is 6.26. The molecule has 2 saturated heterocycles. The summed E-state index contributed by atoms with van der Waals surface area (Å²) < 4.78 is 6.81. The van der Waals surface area contributed by atoms with Gasteiger partial charge in [0.15, 0.2) is 5.13 Å². The van der Waals surface area contributed by atoms with Crippen LogP contribution in [0.1, 0.15) is 42.1 Å². The van der Waals surface area contributed by atoms with Gasteiger partial charge in [0.05, 0.1) is 22.4 Å². The number of nitrogens with zero attached hydrogens (tertiary/aromatic N) is 2. The largest absolute Gasteiger partial charge is 0.387 e. The second-order valence-corrected chi connectivity index (χ2v) is 8.97. The number of aryl methyl sites for hydroxylation is 1. The van der Waals surface area contributed by atoms with E-state index in [9.17, 15) is 15.0 Å². The van der Waals surface area contributed by atoms with Crippen LogP contribution in [0.3, 0.4) is 0 Å². The van der Waals surface area contributed by atoms with Gasteiger partial charge in [0.2, 0.25) is 0 Å². The van der Waals surface area contributed by atoms with Gasteiger partial charge in [-0.25, -0.2) is 4.98 Å². The molecule has 2 aromatic rings. The first-order chi connectivity index (χ1) is 12.7. The molecule has 2 aliphatic rings. The Morgan fingerprint density at radius 3 is 2.78 bits per heavy atom. The summed E-state index contributed by atoms with van der Waals surface area (Å²) in [5, 5.41) is 21.5. The number of carbonyl (C=O) groups is 1. The number of rotatable bonds is 1. The fourth-order valence-corrected chi connectivity index (χ4v) is 5.12. The SMILES string of the molecule is Cc1cc(C(=O)N2CCC3(CC2)OCC[C@@](C)(O)[C@@H]3O)cc2sc(N)nc12. The second kappa shape index (κ2) is 6.41. The van der Waals surface area contributed by atoms with E-state index in [1.807, 2.05) is 19.1 Å². The van der Waals surface area contributed by atoms with Gasteiger partial charge in [0, 0.05) is 25.1 Å². The van der Waals surface area contributed by atoms with Crippen LogP contribution in [0, 0.1) is 6.92 Å². The van der Waals surface area contributed by atoms with Gasteiger partial charge >= 0.3 is 0 Å². The van der Waals surface area contributed by atoms with Gasteiger partial charge in [-0.3, -0.25) is 4.79 Å². The van der Waals surface area contributed by atoms with Crippen molar-refractivity contribution in [2.45, 2.75) is 50.4 Å². The number of aliphatic hydroxyl groups excluding tert-OH is 1. The zero-order valence-corrected chi connectivity index (χ0v) is 16.4. The number of aromatic nitrogens is 1. The van der Waals surface area contributed by atoms with Crippen LogP contribution in [0.5, 0.6) is 0 Å². The molecule has 4 N–H and O–H groups in total. The Hall–Kier alpha value is -1.74. The van der Waals surface area contributed by atoms with Crippen molar-refractivity contribution in [1.29, 1.82) is 0 Å². The maximum Gasteiger partial charge on any atom is 0.253 e. The van der Waals surface area contributed by atoms with E-state index in [2.05, 4.69) is 4.98 Å². The van der Waals surface area contributed by atoms with E-state index in [-0.39, 0.29) is 5.91 Å². The van der Waals surface area contributed by atoms with E-state index in [0.717, 1.165) is 15.8 Å². The smallest absolute Gasteiger partial charge is 0.253 e. The molecule has 146 valence electrons. The number of anilines is 1. The first-order valence-electron chi connectivity index (χ1n) is 9.22. The van der Waals surface area contributed by atoms with Crippen LogP contribution < -0.4 is 5.73 Å². The molecular formula is C19H25N3O4S. The molecule has 1 aromatic heterocycles. The number of hydrogen-bond acceptors (Lipinski definition) is 7. The van der Waals surface area contributed by atoms with Gasteiger partial charge in [0.25, 0.3) is 5.91 Å². The second-order valence-electron chi connectivity index (χ2n) is 7.91. The summed E-state index contributed by atoms with van der Waals surface area (Å²) in [4.78, 5) is 19.1. The highest BCUT2D eigenvalue weighted by Crippen LogP contribution is 2.40. The number of nitrogen functional groups attached to an aromatic ring is 1. The minimum absolute atomic E-state index is 0.0427. The molecule has 3 heterocycles. The average molecular weight is 391 g/mol. The molecule has 2 aliphatic heterocycles. The topological polar surface area (TPSA) is 109 Å². The lowest BCUT2D eigenvalue weighted by atomic mass is 9.75. The Kier molecular flexibility index (Phi) is 4.42. The predicted octanol–water partition coefficient (Wildman–Crippen LogP) is 1.69. The Morgan fingerprint density at radius 2 is 2.07 bits per heavy atom. The monoisotopic (exact) mass is 391 g/mol. The Balaban J connectivity index is 1.52. The van der Waals surface area contributed by atoms with Crippen LogP contribution in [-0.4, -0.2) is 63.0 Å². The summed E-state index contributed by atoms with van der Waals surface area (Å²) in [6, 6.07) is 3.70. The van der Waals surface area contributed by atoms with Crippen molar-refractivity contribution < 1.29 is 19.7 Å². The van der Waals surface area contributed by atoms with E-state index >= 15 is 0 Å². The van der Waals surface area contributed by atoms with Gasteiger partial charge in [-0.05, 0) is 44.4 Å². The number of piperidine rings is 1. The van der Waals surface area contributed by atoms with Gasteiger partial charge in [-0.15, -0.1) is 0 Å². The number of hydrogen-bond donors (Lipinski definition) is 3. The highest BCUT2D eigenvalue weighted by atomic mass is 32.1. The molecule has 0 unspecified atom stereocenters. The van der Waals surface area contributed by atoms with E-state index < -0.39 is 17.3 Å². The van der Waals surface area contributed by atoms with Gasteiger partial charge in [-0.1, -0.05) is 11.3 Å². The van der Waals surface area contributed by atoms with Crippen LogP contribution >= 0.6 is 11.3 Å². The van der Waals surface area contributed by atoms with Crippen molar-refractivity contribution in [2.75, 3.05) is 25.4 Å². The number of thiazole rings is 1. The fraction of sp³-hybridized carbons (Fsp3) is 0.579. The molecule has 7 nitrogen and oxygen atoms in total. The third-order valence-electron chi connectivity index (χ3n) is 5.93. The summed E-state index contributed by atoms with van der Waals surface area (Å²) in [7, 11) is 0. The number of benzene rings is 1. The number of nitrogens with two attached hydrogens (primary N) is 1. The third kappa shape index (κ3) is 3.10. The first-order valence-corrected chi connectivity index (χ1v) is 10.0. The maximum absolute atomic E-state index is 13.0. The van der Waals surface area contributed by atoms with Crippen LogP contribution in [0.25, 0.3) is 10.2 Å². The summed E-state index contributed by atoms with van der Waals surface area (Å²) in [6.45, 7) is 4.96. The van der Waals surface area contributed by atoms with Crippen molar-refractivity contribution in [3.05, 3.63) is 23.3 Å². The molecule has 8 heteroatoms. The van der Waals surface area contributed by atoms with E-state index in [4.69, 9.17) is 10.5 Å². The van der Waals surface area contributed by atoms with E-state index in [1.165, 1.54) is 11.3 Å².